The lowest BCUT2D eigenvalue weighted by Crippen LogP contribution is -2.15. The van der Waals surface area contributed by atoms with Gasteiger partial charge in [0.2, 0.25) is 0 Å². The number of hydrogen-bond acceptors (Lipinski definition) is 8. The van der Waals surface area contributed by atoms with Crippen LogP contribution in [-0.2, 0) is 16.0 Å². The number of carbonyl (C=O) groups is 3. The topological polar surface area (TPSA) is 112 Å². The third-order valence-electron chi connectivity index (χ3n) is 5.73. The number of hydrogen-bond donors (Lipinski definition) is 1. The minimum absolute atomic E-state index is 0.123. The Morgan fingerprint density at radius 3 is 2.53 bits per heavy atom. The Bertz CT molecular complexity index is 1490. The summed E-state index contributed by atoms with van der Waals surface area (Å²) >= 11 is 0.979. The van der Waals surface area contributed by atoms with E-state index in [0.717, 1.165) is 22.6 Å². The van der Waals surface area contributed by atoms with Gasteiger partial charge in [-0.05, 0) is 45.4 Å². The molecule has 10 heteroatoms. The van der Waals surface area contributed by atoms with E-state index in [0.29, 0.717) is 34.3 Å². The van der Waals surface area contributed by atoms with Gasteiger partial charge in [-0.25, -0.2) is 14.6 Å². The maximum Gasteiger partial charge on any atom is 0.348 e. The summed E-state index contributed by atoms with van der Waals surface area (Å²) < 4.78 is 11.8. The first kappa shape index (κ1) is 25.1. The van der Waals surface area contributed by atoms with E-state index in [9.17, 15) is 14.4 Å². The highest BCUT2D eigenvalue weighted by Crippen LogP contribution is 2.35. The van der Waals surface area contributed by atoms with Crippen molar-refractivity contribution >= 4 is 45.1 Å². The van der Waals surface area contributed by atoms with Gasteiger partial charge in [0.05, 0.1) is 41.7 Å². The van der Waals surface area contributed by atoms with Gasteiger partial charge in [-0.2, -0.15) is 5.10 Å². The van der Waals surface area contributed by atoms with E-state index < -0.39 is 17.8 Å². The number of amides is 1. The van der Waals surface area contributed by atoms with Crippen LogP contribution in [0.15, 0.2) is 36.5 Å². The number of aromatic nitrogens is 3. The summed E-state index contributed by atoms with van der Waals surface area (Å²) in [5.74, 6) is -1.67. The Hall–Kier alpha value is -4.05. The minimum atomic E-state index is -0.655. The summed E-state index contributed by atoms with van der Waals surface area (Å²) in [6.45, 7) is 8.10. The molecule has 1 amide bonds. The fraction of sp³-hybridized carbons (Fsp3) is 0.269. The van der Waals surface area contributed by atoms with Crippen LogP contribution in [0.25, 0.3) is 22.2 Å². The molecule has 9 nitrogen and oxygen atoms in total. The molecule has 0 radical (unpaired) electrons. The number of thiophene rings is 1. The van der Waals surface area contributed by atoms with Crippen LogP contribution in [0.5, 0.6) is 0 Å². The SMILES string of the molecule is CCOC(=O)c1sc(NC(=O)c2cc(-c3cn(CC)nc3C)nc3ccccc23)c(C(=O)OC)c1C. The van der Waals surface area contributed by atoms with Gasteiger partial charge in [0, 0.05) is 23.7 Å². The lowest BCUT2D eigenvalue weighted by molar-refractivity contribution is 0.0531. The normalized spacial score (nSPS) is 10.9. The highest BCUT2D eigenvalue weighted by atomic mass is 32.1. The lowest BCUT2D eigenvalue weighted by atomic mass is 10.0. The summed E-state index contributed by atoms with van der Waals surface area (Å²) in [6.07, 6.45) is 1.90. The number of carbonyl (C=O) groups excluding carboxylic acids is 3. The molecule has 4 rings (SSSR count). The van der Waals surface area contributed by atoms with E-state index in [2.05, 4.69) is 10.4 Å². The van der Waals surface area contributed by atoms with E-state index >= 15 is 0 Å². The number of nitrogens with one attached hydrogen (secondary N) is 1. The molecule has 1 N–H and O–H groups in total. The van der Waals surface area contributed by atoms with E-state index in [4.69, 9.17) is 14.5 Å². The van der Waals surface area contributed by atoms with Gasteiger partial charge >= 0.3 is 11.9 Å². The number of ether oxygens (including phenoxy) is 2. The first-order chi connectivity index (χ1) is 17.3. The van der Waals surface area contributed by atoms with Crippen molar-refractivity contribution in [3.63, 3.8) is 0 Å². The van der Waals surface area contributed by atoms with Crippen molar-refractivity contribution in [1.82, 2.24) is 14.8 Å². The molecule has 0 unspecified atom stereocenters. The van der Waals surface area contributed by atoms with E-state index in [1.807, 2.05) is 49.0 Å². The maximum absolute atomic E-state index is 13.6. The largest absolute Gasteiger partial charge is 0.465 e. The zero-order chi connectivity index (χ0) is 26.0. The number of benzene rings is 1. The summed E-state index contributed by atoms with van der Waals surface area (Å²) in [4.78, 5) is 43.6. The predicted molar refractivity (Wildman–Crippen MR) is 138 cm³/mol. The number of aryl methyl sites for hydroxylation is 2. The fourth-order valence-electron chi connectivity index (χ4n) is 3.94. The minimum Gasteiger partial charge on any atom is -0.465 e. The number of para-hydroxylation sites is 1. The average molecular weight is 507 g/mol. The summed E-state index contributed by atoms with van der Waals surface area (Å²) in [6, 6.07) is 9.05. The average Bonchev–Trinajstić information content (AvgIpc) is 3.42. The smallest absolute Gasteiger partial charge is 0.348 e. The molecule has 1 aromatic carbocycles. The molecule has 0 bridgehead atoms. The quantitative estimate of drug-likeness (QED) is 0.351. The molecule has 0 saturated carbocycles. The van der Waals surface area contributed by atoms with Crippen LogP contribution in [0.1, 0.15) is 55.5 Å². The molecule has 36 heavy (non-hydrogen) atoms. The second kappa shape index (κ2) is 10.3. The second-order valence-electron chi connectivity index (χ2n) is 7.98. The van der Waals surface area contributed by atoms with Crippen molar-refractivity contribution in [2.24, 2.45) is 0 Å². The van der Waals surface area contributed by atoms with Crippen molar-refractivity contribution in [3.05, 3.63) is 63.8 Å². The van der Waals surface area contributed by atoms with Gasteiger partial charge in [0.15, 0.2) is 0 Å². The number of pyridine rings is 1. The molecular formula is C26H26N4O5S. The lowest BCUT2D eigenvalue weighted by Gasteiger charge is -2.10. The number of esters is 2. The van der Waals surface area contributed by atoms with Crippen LogP contribution in [0.4, 0.5) is 5.00 Å². The Labute approximate surface area is 212 Å². The zero-order valence-electron chi connectivity index (χ0n) is 20.7. The van der Waals surface area contributed by atoms with E-state index in [1.165, 1.54) is 7.11 Å². The first-order valence-corrected chi connectivity index (χ1v) is 12.2. The molecular weight excluding hydrogens is 480 g/mol. The first-order valence-electron chi connectivity index (χ1n) is 11.4. The molecule has 186 valence electrons. The number of rotatable bonds is 7. The van der Waals surface area contributed by atoms with Crippen molar-refractivity contribution in [2.75, 3.05) is 19.0 Å². The molecule has 0 aliphatic heterocycles. The number of fused-ring (bicyclic) bond motifs is 1. The van der Waals surface area contributed by atoms with Gasteiger partial charge in [-0.1, -0.05) is 18.2 Å². The number of nitrogens with zero attached hydrogens (tertiary/aromatic N) is 3. The van der Waals surface area contributed by atoms with E-state index in [1.54, 1.807) is 19.9 Å². The van der Waals surface area contributed by atoms with Gasteiger partial charge in [-0.15, -0.1) is 11.3 Å². The van der Waals surface area contributed by atoms with Crippen molar-refractivity contribution in [3.8, 4) is 11.3 Å². The molecule has 0 aliphatic carbocycles. The number of anilines is 1. The Kier molecular flexibility index (Phi) is 7.16. The predicted octanol–water partition coefficient (Wildman–Crippen LogP) is 5.01. The molecule has 3 aromatic heterocycles. The van der Waals surface area contributed by atoms with Crippen LogP contribution < -0.4 is 5.32 Å². The van der Waals surface area contributed by atoms with E-state index in [-0.39, 0.29) is 22.0 Å². The van der Waals surface area contributed by atoms with Crippen molar-refractivity contribution < 1.29 is 23.9 Å². The Balaban J connectivity index is 1.81. The summed E-state index contributed by atoms with van der Waals surface area (Å²) in [5, 5.41) is 8.18. The molecule has 4 aromatic rings. The standard InChI is InChI=1S/C26H26N4O5S/c1-6-30-13-18(15(4)29-30)20-12-17(16-10-8-9-11-19(16)27-20)23(31)28-24-21(25(32)34-5)14(3)22(36-24)26(33)35-7-2/h8-13H,6-7H2,1-5H3,(H,28,31). The Morgan fingerprint density at radius 2 is 1.86 bits per heavy atom. The highest BCUT2D eigenvalue weighted by molar-refractivity contribution is 7.18. The molecule has 0 atom stereocenters. The molecule has 0 saturated heterocycles. The van der Waals surface area contributed by atoms with Crippen LogP contribution in [0, 0.1) is 13.8 Å². The van der Waals surface area contributed by atoms with Crippen molar-refractivity contribution in [2.45, 2.75) is 34.2 Å². The molecule has 0 spiro atoms. The fourth-order valence-corrected chi connectivity index (χ4v) is 5.03. The van der Waals surface area contributed by atoms with Gasteiger partial charge < -0.3 is 14.8 Å². The summed E-state index contributed by atoms with van der Waals surface area (Å²) in [7, 11) is 1.25. The Morgan fingerprint density at radius 1 is 1.11 bits per heavy atom. The third kappa shape index (κ3) is 4.59. The summed E-state index contributed by atoms with van der Waals surface area (Å²) in [5.41, 5.74) is 3.76. The maximum atomic E-state index is 13.6. The third-order valence-corrected chi connectivity index (χ3v) is 6.92. The van der Waals surface area contributed by atoms with Gasteiger partial charge in [0.25, 0.3) is 5.91 Å². The van der Waals surface area contributed by atoms with Crippen LogP contribution in [0.2, 0.25) is 0 Å². The van der Waals surface area contributed by atoms with Crippen LogP contribution >= 0.6 is 11.3 Å². The zero-order valence-corrected chi connectivity index (χ0v) is 21.5. The monoisotopic (exact) mass is 506 g/mol. The second-order valence-corrected chi connectivity index (χ2v) is 9.00. The molecule has 3 heterocycles. The highest BCUT2D eigenvalue weighted by Gasteiger charge is 2.28. The molecule has 0 fully saturated rings. The number of methoxy groups -OCH3 is 1. The van der Waals surface area contributed by atoms with Crippen LogP contribution in [0.3, 0.4) is 0 Å². The van der Waals surface area contributed by atoms with Crippen LogP contribution in [-0.4, -0.2) is 46.3 Å². The molecule has 0 aliphatic rings. The van der Waals surface area contributed by atoms with Gasteiger partial charge in [-0.3, -0.25) is 9.48 Å². The van der Waals surface area contributed by atoms with Gasteiger partial charge in [0.1, 0.15) is 9.88 Å². The van der Waals surface area contributed by atoms with Crippen molar-refractivity contribution in [1.29, 1.82) is 0 Å².